The Morgan fingerprint density at radius 1 is 1.37 bits per heavy atom. The number of aromatic amines is 1. The summed E-state index contributed by atoms with van der Waals surface area (Å²) in [7, 11) is 1.91. The molecule has 3 heterocycles. The summed E-state index contributed by atoms with van der Waals surface area (Å²) >= 11 is 0. The van der Waals surface area contributed by atoms with Crippen LogP contribution in [0, 0.1) is 6.92 Å². The van der Waals surface area contributed by atoms with Crippen molar-refractivity contribution in [3.8, 4) is 0 Å². The molecule has 0 saturated heterocycles. The van der Waals surface area contributed by atoms with Gasteiger partial charge >= 0.3 is 0 Å². The standard InChI is InChI=1S/C14H11N3O2/c1-7-10(18)4-3-9-12-11(19-13(7)9)5-8-6-15-17(2)14(8)16-12/h3-6,15H,1-2H3. The van der Waals surface area contributed by atoms with Crippen LogP contribution < -0.4 is 5.43 Å². The van der Waals surface area contributed by atoms with E-state index in [0.717, 1.165) is 21.9 Å². The molecule has 0 bridgehead atoms. The van der Waals surface area contributed by atoms with Crippen LogP contribution in [0.2, 0.25) is 0 Å². The van der Waals surface area contributed by atoms with E-state index in [2.05, 4.69) is 10.1 Å². The number of rotatable bonds is 0. The number of aromatic nitrogens is 3. The summed E-state index contributed by atoms with van der Waals surface area (Å²) in [6.07, 6.45) is 1.88. The molecule has 0 aliphatic carbocycles. The molecule has 4 rings (SSSR count). The maximum absolute atomic E-state index is 11.7. The fourth-order valence-corrected chi connectivity index (χ4v) is 2.47. The van der Waals surface area contributed by atoms with Gasteiger partial charge in [-0.1, -0.05) is 0 Å². The number of nitrogens with zero attached hydrogens (tertiary/aromatic N) is 2. The first-order valence-corrected chi connectivity index (χ1v) is 6.02. The molecule has 4 aromatic rings. The molecule has 0 aliphatic rings. The van der Waals surface area contributed by atoms with Gasteiger partial charge in [-0.2, -0.15) is 0 Å². The van der Waals surface area contributed by atoms with Crippen LogP contribution in [0.25, 0.3) is 33.1 Å². The van der Waals surface area contributed by atoms with Gasteiger partial charge in [-0.15, -0.1) is 0 Å². The summed E-state index contributed by atoms with van der Waals surface area (Å²) in [5.41, 5.74) is 3.61. The first-order valence-electron chi connectivity index (χ1n) is 6.02. The Labute approximate surface area is 107 Å². The van der Waals surface area contributed by atoms with Crippen molar-refractivity contribution in [2.24, 2.45) is 7.05 Å². The lowest BCUT2D eigenvalue weighted by Crippen LogP contribution is -2.01. The van der Waals surface area contributed by atoms with Crippen LogP contribution in [-0.2, 0) is 7.05 Å². The van der Waals surface area contributed by atoms with E-state index in [1.54, 1.807) is 19.1 Å². The van der Waals surface area contributed by atoms with Gasteiger partial charge in [0.15, 0.2) is 16.7 Å². The number of hydrogen-bond acceptors (Lipinski definition) is 3. The number of hydrogen-bond donors (Lipinski definition) is 1. The summed E-state index contributed by atoms with van der Waals surface area (Å²) in [5.74, 6) is 0. The molecule has 5 nitrogen and oxygen atoms in total. The summed E-state index contributed by atoms with van der Waals surface area (Å²) in [4.78, 5) is 16.3. The predicted molar refractivity (Wildman–Crippen MR) is 73.3 cm³/mol. The minimum atomic E-state index is -0.00977. The van der Waals surface area contributed by atoms with Gasteiger partial charge in [0.1, 0.15) is 11.1 Å². The van der Waals surface area contributed by atoms with Gasteiger partial charge in [0.05, 0.1) is 0 Å². The summed E-state index contributed by atoms with van der Waals surface area (Å²) in [6, 6.07) is 5.29. The Kier molecular flexibility index (Phi) is 1.78. The summed E-state index contributed by atoms with van der Waals surface area (Å²) < 4.78 is 7.65. The maximum Gasteiger partial charge on any atom is 0.185 e. The van der Waals surface area contributed by atoms with Crippen molar-refractivity contribution in [2.45, 2.75) is 6.92 Å². The largest absolute Gasteiger partial charge is 0.454 e. The van der Waals surface area contributed by atoms with Crippen LogP contribution in [-0.4, -0.2) is 14.8 Å². The molecule has 19 heavy (non-hydrogen) atoms. The number of H-pyrrole nitrogens is 1. The van der Waals surface area contributed by atoms with Gasteiger partial charge in [0.25, 0.3) is 0 Å². The number of benzene rings is 1. The monoisotopic (exact) mass is 253 g/mol. The molecule has 94 valence electrons. The third kappa shape index (κ3) is 1.24. The third-order valence-corrected chi connectivity index (χ3v) is 3.55. The van der Waals surface area contributed by atoms with Gasteiger partial charge in [-0.05, 0) is 25.1 Å². The van der Waals surface area contributed by atoms with Crippen molar-refractivity contribution < 1.29 is 4.42 Å². The van der Waals surface area contributed by atoms with Crippen LogP contribution in [0.5, 0.6) is 0 Å². The quantitative estimate of drug-likeness (QED) is 0.523. The van der Waals surface area contributed by atoms with Crippen LogP contribution in [0.1, 0.15) is 5.56 Å². The van der Waals surface area contributed by atoms with Gasteiger partial charge in [0, 0.05) is 29.6 Å². The van der Waals surface area contributed by atoms with E-state index < -0.39 is 0 Å². The minimum Gasteiger partial charge on any atom is -0.454 e. The average Bonchev–Trinajstić information content (AvgIpc) is 2.94. The van der Waals surface area contributed by atoms with Crippen molar-refractivity contribution in [3.63, 3.8) is 0 Å². The number of nitrogens with one attached hydrogen (secondary N) is 1. The highest BCUT2D eigenvalue weighted by Gasteiger charge is 2.14. The SMILES string of the molecule is Cc1c(=O)ccc2c1oc1cc3c[nH]n(C)c3nc12. The molecule has 3 aromatic heterocycles. The predicted octanol–water partition coefficient (Wildman–Crippen LogP) is 2.47. The van der Waals surface area contributed by atoms with E-state index in [4.69, 9.17) is 4.42 Å². The van der Waals surface area contributed by atoms with Crippen molar-refractivity contribution >= 4 is 33.1 Å². The van der Waals surface area contributed by atoms with Gasteiger partial charge < -0.3 is 9.52 Å². The molecule has 0 aliphatic heterocycles. The Bertz CT molecular complexity index is 1000. The van der Waals surface area contributed by atoms with Crippen molar-refractivity contribution in [2.75, 3.05) is 0 Å². The van der Waals surface area contributed by atoms with E-state index in [1.807, 2.05) is 24.0 Å². The Morgan fingerprint density at radius 2 is 2.21 bits per heavy atom. The topological polar surface area (TPSA) is 63.8 Å². The normalized spacial score (nSPS) is 11.9. The zero-order valence-electron chi connectivity index (χ0n) is 10.5. The van der Waals surface area contributed by atoms with Gasteiger partial charge in [0.2, 0.25) is 0 Å². The van der Waals surface area contributed by atoms with Crippen LogP contribution in [0.4, 0.5) is 0 Å². The molecule has 1 N–H and O–H groups in total. The van der Waals surface area contributed by atoms with Crippen molar-refractivity contribution in [1.82, 2.24) is 14.8 Å². The lowest BCUT2D eigenvalue weighted by atomic mass is 10.1. The highest BCUT2D eigenvalue weighted by Crippen LogP contribution is 2.30. The number of pyridine rings is 1. The molecule has 0 fully saturated rings. The van der Waals surface area contributed by atoms with Crippen molar-refractivity contribution in [1.29, 1.82) is 0 Å². The molecule has 0 amide bonds. The summed E-state index contributed by atoms with van der Waals surface area (Å²) in [5, 5.41) is 4.94. The molecular weight excluding hydrogens is 242 g/mol. The Balaban J connectivity index is 2.29. The second-order valence-electron chi connectivity index (χ2n) is 4.75. The number of furan rings is 1. The third-order valence-electron chi connectivity index (χ3n) is 3.55. The molecule has 1 aromatic carbocycles. The second-order valence-corrected chi connectivity index (χ2v) is 4.75. The molecule has 0 saturated carbocycles. The molecule has 0 atom stereocenters. The average molecular weight is 253 g/mol. The lowest BCUT2D eigenvalue weighted by molar-refractivity contribution is 0.665. The van der Waals surface area contributed by atoms with E-state index in [0.29, 0.717) is 16.7 Å². The highest BCUT2D eigenvalue weighted by atomic mass is 16.3. The fraction of sp³-hybridized carbons (Fsp3) is 0.143. The first-order chi connectivity index (χ1) is 9.15. The van der Waals surface area contributed by atoms with Gasteiger partial charge in [-0.25, -0.2) is 4.98 Å². The highest BCUT2D eigenvalue weighted by molar-refractivity contribution is 6.06. The molecule has 5 heteroatoms. The Morgan fingerprint density at radius 3 is 3.05 bits per heavy atom. The smallest absolute Gasteiger partial charge is 0.185 e. The van der Waals surface area contributed by atoms with Crippen LogP contribution in [0.3, 0.4) is 0 Å². The van der Waals surface area contributed by atoms with Crippen molar-refractivity contribution in [3.05, 3.63) is 40.2 Å². The fourth-order valence-electron chi connectivity index (χ4n) is 2.47. The first kappa shape index (κ1) is 10.4. The zero-order chi connectivity index (χ0) is 13.1. The minimum absolute atomic E-state index is 0.00977. The molecular formula is C14H11N3O2. The molecule has 0 unspecified atom stereocenters. The second kappa shape index (κ2) is 3.26. The number of fused-ring (bicyclic) bond motifs is 4. The summed E-state index contributed by atoms with van der Waals surface area (Å²) in [6.45, 7) is 1.78. The Hall–Kier alpha value is -2.56. The van der Waals surface area contributed by atoms with E-state index >= 15 is 0 Å². The maximum atomic E-state index is 11.7. The molecule has 0 spiro atoms. The van der Waals surface area contributed by atoms with Gasteiger partial charge in [-0.3, -0.25) is 9.48 Å². The van der Waals surface area contributed by atoms with E-state index in [-0.39, 0.29) is 5.43 Å². The number of aryl methyl sites for hydroxylation is 2. The van der Waals surface area contributed by atoms with E-state index in [1.165, 1.54) is 0 Å². The van der Waals surface area contributed by atoms with Crippen LogP contribution in [0.15, 0.2) is 33.6 Å². The molecule has 0 radical (unpaired) electrons. The lowest BCUT2D eigenvalue weighted by Gasteiger charge is -1.94. The van der Waals surface area contributed by atoms with E-state index in [9.17, 15) is 4.79 Å². The zero-order valence-corrected chi connectivity index (χ0v) is 10.5. The van der Waals surface area contributed by atoms with Crippen LogP contribution >= 0.6 is 0 Å².